The van der Waals surface area contributed by atoms with E-state index >= 15 is 0 Å². The molecule has 0 amide bonds. The predicted molar refractivity (Wildman–Crippen MR) is 158 cm³/mol. The minimum Gasteiger partial charge on any atom is -0.497 e. The van der Waals surface area contributed by atoms with Gasteiger partial charge in [-0.1, -0.05) is 6.08 Å². The van der Waals surface area contributed by atoms with Gasteiger partial charge in [-0.15, -0.1) is 6.58 Å². The van der Waals surface area contributed by atoms with Crippen LogP contribution in [0.15, 0.2) is 70.9 Å². The molecule has 0 saturated carbocycles. The smallest absolute Gasteiger partial charge is 0.416 e. The fourth-order valence-electron chi connectivity index (χ4n) is 6.63. The number of alkyl halides is 6. The molecule has 0 aliphatic carbocycles. The summed E-state index contributed by atoms with van der Waals surface area (Å²) in [4.78, 5) is 32.4. The Kier molecular flexibility index (Phi) is 7.62. The van der Waals surface area contributed by atoms with Crippen LogP contribution in [0, 0.1) is 11.8 Å². The van der Waals surface area contributed by atoms with Crippen molar-refractivity contribution in [1.29, 1.82) is 0 Å². The van der Waals surface area contributed by atoms with E-state index in [4.69, 9.17) is 4.74 Å². The molecule has 1 aromatic heterocycles. The first-order valence-electron chi connectivity index (χ1n) is 14.2. The van der Waals surface area contributed by atoms with Gasteiger partial charge in [0.2, 0.25) is 0 Å². The largest absolute Gasteiger partial charge is 0.497 e. The minimum atomic E-state index is -5.08. The molecule has 2 N–H and O–H groups in total. The molecule has 13 heteroatoms. The Labute approximate surface area is 253 Å². The number of rotatable bonds is 8. The average Bonchev–Trinajstić information content (AvgIpc) is 3.03. The van der Waals surface area contributed by atoms with E-state index in [9.17, 15) is 35.9 Å². The van der Waals surface area contributed by atoms with E-state index in [0.717, 1.165) is 36.9 Å². The third kappa shape index (κ3) is 5.65. The van der Waals surface area contributed by atoms with Crippen LogP contribution in [-0.2, 0) is 12.4 Å². The van der Waals surface area contributed by atoms with Gasteiger partial charge in [-0.2, -0.15) is 26.3 Å². The lowest BCUT2D eigenvalue weighted by molar-refractivity contribution is -0.143. The molecule has 45 heavy (non-hydrogen) atoms. The zero-order valence-corrected chi connectivity index (χ0v) is 23.9. The van der Waals surface area contributed by atoms with Crippen LogP contribution in [0.1, 0.15) is 35.6 Å². The maximum atomic E-state index is 13.5. The number of methoxy groups -OCH3 is 1. The van der Waals surface area contributed by atoms with Gasteiger partial charge in [0, 0.05) is 29.9 Å². The lowest BCUT2D eigenvalue weighted by Gasteiger charge is -2.52. The monoisotopic (exact) mass is 630 g/mol. The van der Waals surface area contributed by atoms with E-state index in [2.05, 4.69) is 27.1 Å². The van der Waals surface area contributed by atoms with Gasteiger partial charge in [-0.3, -0.25) is 19.5 Å². The average molecular weight is 631 g/mol. The number of nitrogens with zero attached hydrogens (tertiary/aromatic N) is 2. The highest BCUT2D eigenvalue weighted by molar-refractivity contribution is 5.85. The third-order valence-electron chi connectivity index (χ3n) is 8.92. The SMILES string of the molecule is C=CC1CN2CC[C@H]1C[C@H]2[C@@H](Nc1c(Nc2cc(C(F)(F)F)cc(C(F)(F)F)c2)c(=O)c1=O)c1ccnc2ccc(OC)cc12. The van der Waals surface area contributed by atoms with Crippen LogP contribution in [0.5, 0.6) is 5.75 Å². The molecule has 7 nitrogen and oxygen atoms in total. The Morgan fingerprint density at radius 3 is 2.29 bits per heavy atom. The van der Waals surface area contributed by atoms with Crippen LogP contribution >= 0.6 is 0 Å². The molecule has 5 atom stereocenters. The molecule has 3 aliphatic rings. The van der Waals surface area contributed by atoms with Gasteiger partial charge in [-0.05, 0) is 79.3 Å². The molecule has 7 rings (SSSR count). The summed E-state index contributed by atoms with van der Waals surface area (Å²) in [5.74, 6) is 1.16. The van der Waals surface area contributed by atoms with Crippen molar-refractivity contribution in [2.75, 3.05) is 30.8 Å². The highest BCUT2D eigenvalue weighted by atomic mass is 19.4. The summed E-state index contributed by atoms with van der Waals surface area (Å²) in [6.07, 6.45) is -4.94. The lowest BCUT2D eigenvalue weighted by Crippen LogP contribution is -2.56. The summed E-state index contributed by atoms with van der Waals surface area (Å²) in [7, 11) is 1.52. The summed E-state index contributed by atoms with van der Waals surface area (Å²) in [5, 5.41) is 6.30. The van der Waals surface area contributed by atoms with Crippen molar-refractivity contribution < 1.29 is 31.1 Å². The predicted octanol–water partition coefficient (Wildman–Crippen LogP) is 6.67. The molecule has 236 valence electrons. The zero-order chi connectivity index (χ0) is 32.3. The fraction of sp³-hybridized carbons (Fsp3) is 0.344. The molecule has 4 aromatic rings. The topological polar surface area (TPSA) is 83.6 Å². The third-order valence-corrected chi connectivity index (χ3v) is 8.92. The summed E-state index contributed by atoms with van der Waals surface area (Å²) in [6, 6.07) is 7.29. The molecule has 4 heterocycles. The first kappa shape index (κ1) is 30.6. The van der Waals surface area contributed by atoms with E-state index in [0.29, 0.717) is 29.3 Å². The molecular formula is C32H28F6N4O3. The highest BCUT2D eigenvalue weighted by Crippen LogP contribution is 2.44. The van der Waals surface area contributed by atoms with Crippen LogP contribution in [0.4, 0.5) is 43.4 Å². The molecule has 3 aliphatic heterocycles. The molecule has 2 unspecified atom stereocenters. The van der Waals surface area contributed by atoms with E-state index in [1.807, 2.05) is 6.08 Å². The van der Waals surface area contributed by atoms with E-state index in [1.54, 1.807) is 30.5 Å². The highest BCUT2D eigenvalue weighted by Gasteiger charge is 2.44. The first-order chi connectivity index (χ1) is 21.3. The minimum absolute atomic E-state index is 0.00556. The second-order valence-electron chi connectivity index (χ2n) is 11.5. The second-order valence-corrected chi connectivity index (χ2v) is 11.5. The Hall–Kier alpha value is -4.39. The van der Waals surface area contributed by atoms with Crippen molar-refractivity contribution in [3.8, 4) is 5.75 Å². The number of ether oxygens (including phenoxy) is 1. The second kappa shape index (κ2) is 11.2. The van der Waals surface area contributed by atoms with Crippen molar-refractivity contribution in [2.24, 2.45) is 11.8 Å². The summed E-state index contributed by atoms with van der Waals surface area (Å²) < 4.78 is 86.4. The Balaban J connectivity index is 1.43. The van der Waals surface area contributed by atoms with E-state index < -0.39 is 51.8 Å². The van der Waals surface area contributed by atoms with Crippen molar-refractivity contribution in [3.63, 3.8) is 0 Å². The zero-order valence-electron chi connectivity index (χ0n) is 23.9. The normalized spacial score (nSPS) is 22.4. The number of piperidine rings is 3. The van der Waals surface area contributed by atoms with Gasteiger partial charge in [0.15, 0.2) is 0 Å². The maximum Gasteiger partial charge on any atom is 0.416 e. The molecule has 0 spiro atoms. The number of benzene rings is 2. The van der Waals surface area contributed by atoms with Gasteiger partial charge in [-0.25, -0.2) is 0 Å². The van der Waals surface area contributed by atoms with Crippen LogP contribution in [0.3, 0.4) is 0 Å². The van der Waals surface area contributed by atoms with Crippen LogP contribution in [-0.4, -0.2) is 36.1 Å². The molecule has 0 radical (unpaired) electrons. The standard InChI is InChI=1S/C32H28F6N4O3/c1-3-16-15-42-9-7-17(16)10-25(42)26(22-6-8-39-24-5-4-21(45-2)14-23(22)24)41-28-27(29(43)30(28)44)40-20-12-18(31(33,34)35)11-19(13-20)32(36,37)38/h3-6,8,11-14,16-17,25-26,40-41H,1,7,9-10,15H2,2H3/t16?,17-,25-,26-/m0/s1. The van der Waals surface area contributed by atoms with E-state index in [-0.39, 0.29) is 23.7 Å². The number of aromatic nitrogens is 1. The maximum absolute atomic E-state index is 13.5. The number of hydrogen-bond acceptors (Lipinski definition) is 7. The number of pyridine rings is 1. The summed E-state index contributed by atoms with van der Waals surface area (Å²) in [5.41, 5.74) is -4.95. The van der Waals surface area contributed by atoms with Crippen molar-refractivity contribution in [1.82, 2.24) is 9.88 Å². The number of anilines is 3. The molecular weight excluding hydrogens is 602 g/mol. The van der Waals surface area contributed by atoms with Crippen LogP contribution < -0.4 is 26.2 Å². The van der Waals surface area contributed by atoms with Gasteiger partial charge in [0.05, 0.1) is 29.8 Å². The molecule has 3 saturated heterocycles. The van der Waals surface area contributed by atoms with Crippen molar-refractivity contribution >= 4 is 28.0 Å². The Morgan fingerprint density at radius 2 is 1.69 bits per heavy atom. The van der Waals surface area contributed by atoms with Crippen molar-refractivity contribution in [2.45, 2.75) is 37.3 Å². The number of nitrogens with one attached hydrogen (secondary N) is 2. The van der Waals surface area contributed by atoms with Crippen molar-refractivity contribution in [3.05, 3.63) is 98.5 Å². The van der Waals surface area contributed by atoms with Gasteiger partial charge in [0.1, 0.15) is 17.1 Å². The van der Waals surface area contributed by atoms with Crippen LogP contribution in [0.2, 0.25) is 0 Å². The fourth-order valence-corrected chi connectivity index (χ4v) is 6.63. The summed E-state index contributed by atoms with van der Waals surface area (Å²) in [6.45, 7) is 5.48. The molecule has 3 fully saturated rings. The Bertz CT molecular complexity index is 1810. The first-order valence-corrected chi connectivity index (χ1v) is 14.2. The lowest BCUT2D eigenvalue weighted by atomic mass is 9.73. The summed E-state index contributed by atoms with van der Waals surface area (Å²) >= 11 is 0. The number of fused-ring (bicyclic) bond motifs is 4. The molecule has 2 bridgehead atoms. The number of halogens is 6. The van der Waals surface area contributed by atoms with E-state index in [1.165, 1.54) is 7.11 Å². The quantitative estimate of drug-likeness (QED) is 0.128. The number of hydrogen-bond donors (Lipinski definition) is 2. The van der Waals surface area contributed by atoms with Gasteiger partial charge >= 0.3 is 12.4 Å². The Morgan fingerprint density at radius 1 is 1.00 bits per heavy atom. The molecule has 3 aromatic carbocycles. The van der Waals surface area contributed by atoms with Gasteiger partial charge < -0.3 is 15.4 Å². The van der Waals surface area contributed by atoms with Crippen LogP contribution in [0.25, 0.3) is 10.9 Å². The van der Waals surface area contributed by atoms with Gasteiger partial charge in [0.25, 0.3) is 10.9 Å².